The van der Waals surface area contributed by atoms with Gasteiger partial charge in [-0.1, -0.05) is 24.3 Å². The number of carbonyl (C=O) groups is 3. The molecule has 1 aromatic heterocycles. The minimum absolute atomic E-state index is 0.270. The molecule has 0 saturated heterocycles. The highest BCUT2D eigenvalue weighted by atomic mass is 32.2. The van der Waals surface area contributed by atoms with E-state index in [2.05, 4.69) is 10.6 Å². The van der Waals surface area contributed by atoms with Crippen LogP contribution in [0, 0.1) is 0 Å². The van der Waals surface area contributed by atoms with Crippen LogP contribution >= 0.6 is 23.1 Å². The second-order valence-corrected chi connectivity index (χ2v) is 6.95. The Bertz CT molecular complexity index is 690. The smallest absolute Gasteiger partial charge is 0.325 e. The summed E-state index contributed by atoms with van der Waals surface area (Å²) >= 11 is 2.91. The Hall–Kier alpha value is -2.32. The normalized spacial score (nSPS) is 10.1. The quantitative estimate of drug-likeness (QED) is 0.396. The van der Waals surface area contributed by atoms with Crippen LogP contribution in [0.15, 0.2) is 52.7 Å². The summed E-state index contributed by atoms with van der Waals surface area (Å²) in [6, 6.07) is 13.3. The molecule has 8 heteroatoms. The van der Waals surface area contributed by atoms with Crippen LogP contribution in [0.5, 0.6) is 0 Å². The topological polar surface area (TPSA) is 84.5 Å². The lowest BCUT2D eigenvalue weighted by Gasteiger charge is -2.07. The van der Waals surface area contributed by atoms with Gasteiger partial charge >= 0.3 is 5.97 Å². The standard InChI is InChI=1S/C17H18N2O4S2/c20-15(18-8-10-24-13-5-2-1-3-6-13)12-23-16(21)11-19-17(22)14-7-4-9-25-14/h1-7,9H,8,10-12H2,(H,18,20)(H,19,22). The maximum atomic E-state index is 11.6. The average molecular weight is 378 g/mol. The first kappa shape index (κ1) is 19.0. The molecule has 0 fully saturated rings. The van der Waals surface area contributed by atoms with Crippen molar-refractivity contribution < 1.29 is 19.1 Å². The molecule has 0 saturated carbocycles. The largest absolute Gasteiger partial charge is 0.454 e. The van der Waals surface area contributed by atoms with Crippen molar-refractivity contribution in [3.63, 3.8) is 0 Å². The Balaban J connectivity index is 1.53. The fourth-order valence-electron chi connectivity index (χ4n) is 1.77. The van der Waals surface area contributed by atoms with E-state index in [1.165, 1.54) is 11.3 Å². The highest BCUT2D eigenvalue weighted by Gasteiger charge is 2.11. The SMILES string of the molecule is O=C(COC(=O)CNC(=O)c1cccs1)NCCSc1ccccc1. The molecule has 0 aliphatic carbocycles. The number of thioether (sulfide) groups is 1. The van der Waals surface area contributed by atoms with Gasteiger partial charge in [0.1, 0.15) is 6.54 Å². The lowest BCUT2D eigenvalue weighted by atomic mass is 10.4. The third-order valence-electron chi connectivity index (χ3n) is 2.94. The van der Waals surface area contributed by atoms with Crippen LogP contribution < -0.4 is 10.6 Å². The van der Waals surface area contributed by atoms with Gasteiger partial charge < -0.3 is 15.4 Å². The summed E-state index contributed by atoms with van der Waals surface area (Å²) in [7, 11) is 0. The molecule has 0 aliphatic heterocycles. The van der Waals surface area contributed by atoms with E-state index in [9.17, 15) is 14.4 Å². The van der Waals surface area contributed by atoms with Gasteiger partial charge in [0.25, 0.3) is 11.8 Å². The molecule has 1 heterocycles. The van der Waals surface area contributed by atoms with Crippen molar-refractivity contribution in [2.45, 2.75) is 4.90 Å². The van der Waals surface area contributed by atoms with E-state index in [1.54, 1.807) is 29.3 Å². The number of hydrogen-bond acceptors (Lipinski definition) is 6. The third-order valence-corrected chi connectivity index (χ3v) is 4.82. The Morgan fingerprint density at radius 3 is 2.56 bits per heavy atom. The van der Waals surface area contributed by atoms with Crippen LogP contribution in [0.25, 0.3) is 0 Å². The second-order valence-electron chi connectivity index (χ2n) is 4.83. The van der Waals surface area contributed by atoms with Crippen molar-refractivity contribution >= 4 is 40.9 Å². The van der Waals surface area contributed by atoms with Crippen molar-refractivity contribution in [1.82, 2.24) is 10.6 Å². The predicted octanol–water partition coefficient (Wildman–Crippen LogP) is 1.93. The van der Waals surface area contributed by atoms with Crippen molar-refractivity contribution in [2.24, 2.45) is 0 Å². The summed E-state index contributed by atoms with van der Waals surface area (Å²) in [5, 5.41) is 6.89. The molecule has 25 heavy (non-hydrogen) atoms. The molecule has 0 unspecified atom stereocenters. The minimum atomic E-state index is -0.654. The van der Waals surface area contributed by atoms with Crippen LogP contribution in [0.2, 0.25) is 0 Å². The second kappa shape index (κ2) is 10.5. The van der Waals surface area contributed by atoms with E-state index in [-0.39, 0.29) is 25.0 Å². The molecule has 132 valence electrons. The molecule has 6 nitrogen and oxygen atoms in total. The van der Waals surface area contributed by atoms with Gasteiger partial charge in [0.05, 0.1) is 4.88 Å². The van der Waals surface area contributed by atoms with Crippen molar-refractivity contribution in [2.75, 3.05) is 25.4 Å². The Labute approximate surface area is 154 Å². The zero-order valence-electron chi connectivity index (χ0n) is 13.4. The molecule has 0 spiro atoms. The summed E-state index contributed by atoms with van der Waals surface area (Å²) in [4.78, 5) is 36.4. The molecule has 0 aliphatic rings. The van der Waals surface area contributed by atoms with Gasteiger partial charge in [0.15, 0.2) is 6.61 Å². The first-order valence-corrected chi connectivity index (χ1v) is 9.43. The highest BCUT2D eigenvalue weighted by Crippen LogP contribution is 2.15. The summed E-state index contributed by atoms with van der Waals surface area (Å²) in [6.07, 6.45) is 0. The molecule has 1 aromatic carbocycles. The van der Waals surface area contributed by atoms with Crippen molar-refractivity contribution in [1.29, 1.82) is 0 Å². The zero-order valence-corrected chi connectivity index (χ0v) is 15.0. The number of nitrogens with one attached hydrogen (secondary N) is 2. The Morgan fingerprint density at radius 1 is 1.04 bits per heavy atom. The molecular formula is C17H18N2O4S2. The number of amides is 2. The van der Waals surface area contributed by atoms with Crippen LogP contribution in [0.1, 0.15) is 9.67 Å². The number of hydrogen-bond donors (Lipinski definition) is 2. The minimum Gasteiger partial charge on any atom is -0.454 e. The van der Waals surface area contributed by atoms with E-state index in [0.29, 0.717) is 11.4 Å². The molecular weight excluding hydrogens is 360 g/mol. The number of thiophene rings is 1. The molecule has 0 atom stereocenters. The van der Waals surface area contributed by atoms with Gasteiger partial charge in [-0.05, 0) is 23.6 Å². The lowest BCUT2D eigenvalue weighted by Crippen LogP contribution is -2.34. The molecule has 2 N–H and O–H groups in total. The van der Waals surface area contributed by atoms with Crippen LogP contribution in [0.3, 0.4) is 0 Å². The van der Waals surface area contributed by atoms with Gasteiger partial charge in [0, 0.05) is 17.2 Å². The molecule has 0 bridgehead atoms. The fraction of sp³-hybridized carbons (Fsp3) is 0.235. The molecule has 2 aromatic rings. The molecule has 2 rings (SSSR count). The van der Waals surface area contributed by atoms with E-state index in [4.69, 9.17) is 4.74 Å². The lowest BCUT2D eigenvalue weighted by molar-refractivity contribution is -0.147. The van der Waals surface area contributed by atoms with E-state index in [0.717, 1.165) is 10.6 Å². The fourth-order valence-corrected chi connectivity index (χ4v) is 3.20. The number of benzene rings is 1. The maximum Gasteiger partial charge on any atom is 0.325 e. The molecule has 2 amide bonds. The van der Waals surface area contributed by atoms with Crippen LogP contribution in [0.4, 0.5) is 0 Å². The number of carbonyl (C=O) groups excluding carboxylic acids is 3. The van der Waals surface area contributed by atoms with Gasteiger partial charge in [-0.2, -0.15) is 0 Å². The number of ether oxygens (including phenoxy) is 1. The highest BCUT2D eigenvalue weighted by molar-refractivity contribution is 7.99. The zero-order chi connectivity index (χ0) is 17.9. The van der Waals surface area contributed by atoms with E-state index in [1.807, 2.05) is 30.3 Å². The molecule has 0 radical (unpaired) electrons. The van der Waals surface area contributed by atoms with Gasteiger partial charge in [-0.3, -0.25) is 14.4 Å². The first-order valence-electron chi connectivity index (χ1n) is 7.57. The summed E-state index contributed by atoms with van der Waals surface area (Å²) in [6.45, 7) is -0.150. The van der Waals surface area contributed by atoms with Gasteiger partial charge in [-0.25, -0.2) is 0 Å². The number of esters is 1. The summed E-state index contributed by atoms with van der Waals surface area (Å²) < 4.78 is 4.82. The third kappa shape index (κ3) is 7.40. The van der Waals surface area contributed by atoms with Crippen LogP contribution in [-0.2, 0) is 14.3 Å². The van der Waals surface area contributed by atoms with Crippen LogP contribution in [-0.4, -0.2) is 43.2 Å². The monoisotopic (exact) mass is 378 g/mol. The average Bonchev–Trinajstić information content (AvgIpc) is 3.17. The van der Waals surface area contributed by atoms with Crippen molar-refractivity contribution in [3.8, 4) is 0 Å². The Kier molecular flexibility index (Phi) is 8.00. The van der Waals surface area contributed by atoms with E-state index >= 15 is 0 Å². The maximum absolute atomic E-state index is 11.6. The summed E-state index contributed by atoms with van der Waals surface area (Å²) in [5.74, 6) is -0.639. The van der Waals surface area contributed by atoms with Gasteiger partial charge in [0.2, 0.25) is 0 Å². The summed E-state index contributed by atoms with van der Waals surface area (Å²) in [5.41, 5.74) is 0. The first-order chi connectivity index (χ1) is 12.1. The van der Waals surface area contributed by atoms with E-state index < -0.39 is 5.97 Å². The predicted molar refractivity (Wildman–Crippen MR) is 97.8 cm³/mol. The van der Waals surface area contributed by atoms with Crippen molar-refractivity contribution in [3.05, 3.63) is 52.7 Å². The Morgan fingerprint density at radius 2 is 1.84 bits per heavy atom. The number of rotatable bonds is 9. The van der Waals surface area contributed by atoms with Gasteiger partial charge in [-0.15, -0.1) is 23.1 Å².